The van der Waals surface area contributed by atoms with E-state index in [0.717, 1.165) is 0 Å². The van der Waals surface area contributed by atoms with Crippen LogP contribution in [0.25, 0.3) is 22.3 Å². The van der Waals surface area contributed by atoms with Gasteiger partial charge in [0.05, 0.1) is 23.1 Å². The van der Waals surface area contributed by atoms with Crippen LogP contribution < -0.4 is 0 Å². The number of hydrogen-bond donors (Lipinski definition) is 0. The lowest BCUT2D eigenvalue weighted by molar-refractivity contribution is -0.384. The average molecular weight is 309 g/mol. The highest BCUT2D eigenvalue weighted by atomic mass is 16.6. The number of carbonyl (C=O) groups excluding carboxylic acids is 1. The molecule has 0 saturated heterocycles. The number of esters is 1. The molecule has 2 aromatic carbocycles. The number of para-hydroxylation sites is 2. The average Bonchev–Trinajstić information content (AvgIpc) is 2.60. The van der Waals surface area contributed by atoms with Crippen molar-refractivity contribution in [1.29, 1.82) is 0 Å². The molecular formula is C16H11N3O4. The number of hydrogen-bond acceptors (Lipinski definition) is 6. The first-order valence-corrected chi connectivity index (χ1v) is 6.70. The van der Waals surface area contributed by atoms with Crippen molar-refractivity contribution in [2.24, 2.45) is 0 Å². The molecule has 114 valence electrons. The predicted molar refractivity (Wildman–Crippen MR) is 83.0 cm³/mol. The second-order valence-electron chi connectivity index (χ2n) is 4.71. The molecule has 7 nitrogen and oxygen atoms in total. The number of nitro benzene ring substituents is 1. The smallest absolute Gasteiger partial charge is 0.358 e. The number of non-ortho nitro benzene ring substituents is 1. The summed E-state index contributed by atoms with van der Waals surface area (Å²) in [7, 11) is 1.25. The molecule has 23 heavy (non-hydrogen) atoms. The summed E-state index contributed by atoms with van der Waals surface area (Å²) in [6.07, 6.45) is 0. The summed E-state index contributed by atoms with van der Waals surface area (Å²) in [4.78, 5) is 31.2. The van der Waals surface area contributed by atoms with Gasteiger partial charge in [-0.3, -0.25) is 10.1 Å². The Hall–Kier alpha value is -3.35. The Kier molecular flexibility index (Phi) is 3.68. The van der Waals surface area contributed by atoms with E-state index in [1.54, 1.807) is 30.3 Å². The van der Waals surface area contributed by atoms with Crippen LogP contribution in [0.2, 0.25) is 0 Å². The van der Waals surface area contributed by atoms with E-state index in [1.165, 1.54) is 25.3 Å². The number of benzene rings is 2. The van der Waals surface area contributed by atoms with E-state index in [1.807, 2.05) is 0 Å². The van der Waals surface area contributed by atoms with Crippen molar-refractivity contribution >= 4 is 22.7 Å². The molecule has 0 saturated carbocycles. The SMILES string of the molecule is COC(=O)c1nc2ccccc2nc1-c1cccc([N+](=O)[O-])c1. The maximum absolute atomic E-state index is 12.0. The molecular weight excluding hydrogens is 298 g/mol. The molecule has 3 rings (SSSR count). The lowest BCUT2D eigenvalue weighted by Crippen LogP contribution is -2.08. The minimum atomic E-state index is -0.648. The largest absolute Gasteiger partial charge is 0.464 e. The van der Waals surface area contributed by atoms with E-state index in [9.17, 15) is 14.9 Å². The molecule has 0 bridgehead atoms. The predicted octanol–water partition coefficient (Wildman–Crippen LogP) is 2.99. The van der Waals surface area contributed by atoms with E-state index in [0.29, 0.717) is 16.6 Å². The van der Waals surface area contributed by atoms with Crippen LogP contribution in [-0.4, -0.2) is 28.0 Å². The van der Waals surface area contributed by atoms with Gasteiger partial charge in [-0.05, 0) is 12.1 Å². The van der Waals surface area contributed by atoms with Crippen LogP contribution in [0.5, 0.6) is 0 Å². The van der Waals surface area contributed by atoms with Crippen LogP contribution in [0, 0.1) is 10.1 Å². The first-order chi connectivity index (χ1) is 11.1. The van der Waals surface area contributed by atoms with Crippen LogP contribution in [0.1, 0.15) is 10.5 Å². The van der Waals surface area contributed by atoms with E-state index in [-0.39, 0.29) is 17.1 Å². The van der Waals surface area contributed by atoms with Gasteiger partial charge >= 0.3 is 5.97 Å². The fraction of sp³-hybridized carbons (Fsp3) is 0.0625. The van der Waals surface area contributed by atoms with Crippen LogP contribution in [0.15, 0.2) is 48.5 Å². The minimum Gasteiger partial charge on any atom is -0.464 e. The third-order valence-corrected chi connectivity index (χ3v) is 3.28. The highest BCUT2D eigenvalue weighted by molar-refractivity contribution is 5.96. The van der Waals surface area contributed by atoms with Gasteiger partial charge in [0.15, 0.2) is 5.69 Å². The molecule has 1 heterocycles. The van der Waals surface area contributed by atoms with Crippen molar-refractivity contribution in [3.8, 4) is 11.3 Å². The van der Waals surface area contributed by atoms with Crippen molar-refractivity contribution in [3.63, 3.8) is 0 Å². The van der Waals surface area contributed by atoms with Crippen molar-refractivity contribution in [2.45, 2.75) is 0 Å². The van der Waals surface area contributed by atoms with E-state index < -0.39 is 10.9 Å². The van der Waals surface area contributed by atoms with Crippen molar-refractivity contribution in [1.82, 2.24) is 9.97 Å². The van der Waals surface area contributed by atoms with Gasteiger partial charge in [-0.15, -0.1) is 0 Å². The Bertz CT molecular complexity index is 924. The summed E-state index contributed by atoms with van der Waals surface area (Å²) < 4.78 is 4.75. The molecule has 0 radical (unpaired) electrons. The second-order valence-corrected chi connectivity index (χ2v) is 4.71. The number of methoxy groups -OCH3 is 1. The normalized spacial score (nSPS) is 10.5. The lowest BCUT2D eigenvalue weighted by Gasteiger charge is -2.08. The molecule has 0 aliphatic rings. The van der Waals surface area contributed by atoms with Crippen molar-refractivity contribution in [3.05, 3.63) is 64.3 Å². The van der Waals surface area contributed by atoms with E-state index in [2.05, 4.69) is 9.97 Å². The summed E-state index contributed by atoms with van der Waals surface area (Å²) in [5.74, 6) is -0.648. The van der Waals surface area contributed by atoms with Crippen LogP contribution in [0.3, 0.4) is 0 Å². The maximum atomic E-state index is 12.0. The van der Waals surface area contributed by atoms with Gasteiger partial charge in [-0.1, -0.05) is 24.3 Å². The Morgan fingerprint density at radius 2 is 1.78 bits per heavy atom. The topological polar surface area (TPSA) is 95.2 Å². The number of nitro groups is 1. The van der Waals surface area contributed by atoms with Gasteiger partial charge in [-0.2, -0.15) is 0 Å². The van der Waals surface area contributed by atoms with Gasteiger partial charge in [-0.25, -0.2) is 14.8 Å². The summed E-state index contributed by atoms with van der Waals surface area (Å²) >= 11 is 0. The fourth-order valence-electron chi connectivity index (χ4n) is 2.21. The monoisotopic (exact) mass is 309 g/mol. The molecule has 7 heteroatoms. The van der Waals surface area contributed by atoms with Gasteiger partial charge in [0.2, 0.25) is 0 Å². The van der Waals surface area contributed by atoms with Crippen LogP contribution in [-0.2, 0) is 4.74 Å². The van der Waals surface area contributed by atoms with Gasteiger partial charge in [0.1, 0.15) is 5.69 Å². The van der Waals surface area contributed by atoms with Gasteiger partial charge in [0, 0.05) is 17.7 Å². The first kappa shape index (κ1) is 14.6. The second kappa shape index (κ2) is 5.80. The van der Waals surface area contributed by atoms with Crippen molar-refractivity contribution in [2.75, 3.05) is 7.11 Å². The van der Waals surface area contributed by atoms with Gasteiger partial charge < -0.3 is 4.74 Å². The molecule has 1 aromatic heterocycles. The summed E-state index contributed by atoms with van der Waals surface area (Å²) in [5.41, 5.74) is 1.74. The molecule has 0 atom stereocenters. The number of nitrogens with zero attached hydrogens (tertiary/aromatic N) is 3. The quantitative estimate of drug-likeness (QED) is 0.419. The lowest BCUT2D eigenvalue weighted by atomic mass is 10.1. The molecule has 0 amide bonds. The van der Waals surface area contributed by atoms with Crippen LogP contribution in [0.4, 0.5) is 5.69 Å². The Labute approximate surface area is 130 Å². The highest BCUT2D eigenvalue weighted by Gasteiger charge is 2.19. The zero-order valence-electron chi connectivity index (χ0n) is 12.1. The first-order valence-electron chi connectivity index (χ1n) is 6.70. The molecule has 0 N–H and O–H groups in total. The number of ether oxygens (including phenoxy) is 1. The number of aromatic nitrogens is 2. The zero-order valence-corrected chi connectivity index (χ0v) is 12.1. The molecule has 0 unspecified atom stereocenters. The fourth-order valence-corrected chi connectivity index (χ4v) is 2.21. The highest BCUT2D eigenvalue weighted by Crippen LogP contribution is 2.26. The molecule has 3 aromatic rings. The summed E-state index contributed by atoms with van der Waals surface area (Å²) in [5, 5.41) is 10.9. The van der Waals surface area contributed by atoms with E-state index in [4.69, 9.17) is 4.74 Å². The van der Waals surface area contributed by atoms with Crippen molar-refractivity contribution < 1.29 is 14.5 Å². The molecule has 0 aliphatic carbocycles. The molecule has 0 aliphatic heterocycles. The Morgan fingerprint density at radius 1 is 1.09 bits per heavy atom. The number of carbonyl (C=O) groups is 1. The number of fused-ring (bicyclic) bond motifs is 1. The number of rotatable bonds is 3. The Balaban J connectivity index is 2.28. The van der Waals surface area contributed by atoms with Gasteiger partial charge in [0.25, 0.3) is 5.69 Å². The zero-order chi connectivity index (χ0) is 16.4. The maximum Gasteiger partial charge on any atom is 0.358 e. The van der Waals surface area contributed by atoms with Crippen LogP contribution >= 0.6 is 0 Å². The standard InChI is InChI=1S/C16H11N3O4/c1-23-16(20)15-14(10-5-4-6-11(9-10)19(21)22)17-12-7-2-3-8-13(12)18-15/h2-9H,1H3. The minimum absolute atomic E-state index is 0.0201. The summed E-state index contributed by atoms with van der Waals surface area (Å²) in [6.45, 7) is 0. The van der Waals surface area contributed by atoms with E-state index >= 15 is 0 Å². The molecule has 0 spiro atoms. The third kappa shape index (κ3) is 2.71. The molecule has 0 fully saturated rings. The summed E-state index contributed by atoms with van der Waals surface area (Å²) in [6, 6.07) is 13.0. The third-order valence-electron chi connectivity index (χ3n) is 3.28. The Morgan fingerprint density at radius 3 is 2.43 bits per heavy atom.